The van der Waals surface area contributed by atoms with E-state index in [1.807, 2.05) is 31.2 Å². The van der Waals surface area contributed by atoms with Gasteiger partial charge in [-0.25, -0.2) is 8.42 Å². The van der Waals surface area contributed by atoms with Crippen LogP contribution in [0.3, 0.4) is 0 Å². The molecule has 0 aliphatic rings. The first-order chi connectivity index (χ1) is 15.6. The topological polar surface area (TPSA) is 75.7 Å². The van der Waals surface area contributed by atoms with Crippen LogP contribution in [0.1, 0.15) is 24.1 Å². The molecule has 1 atom stereocenters. The molecule has 1 amide bonds. The highest BCUT2D eigenvalue weighted by molar-refractivity contribution is 9.10. The monoisotopic (exact) mass is 550 g/mol. The molecule has 3 rings (SSSR count). The summed E-state index contributed by atoms with van der Waals surface area (Å²) >= 11 is 9.30. The molecule has 0 aromatic heterocycles. The fourth-order valence-corrected chi connectivity index (χ4v) is 4.41. The highest BCUT2D eigenvalue weighted by atomic mass is 79.9. The highest BCUT2D eigenvalue weighted by Crippen LogP contribution is 2.24. The highest BCUT2D eigenvalue weighted by Gasteiger charge is 2.18. The normalized spacial score (nSPS) is 12.1. The standard InChI is InChI=1S/C24H24BrClN2O4S/c1-17(19-5-7-20(25)8-6-19)27-24(29)16-32-23-13-11-22(12-14-23)28(33(2,30)31)15-18-3-9-21(26)10-4-18/h3-14,17H,15-16H2,1-2H3,(H,27,29)/t17-/m0/s1. The lowest BCUT2D eigenvalue weighted by Crippen LogP contribution is -2.31. The average molecular weight is 552 g/mol. The minimum atomic E-state index is -3.51. The van der Waals surface area contributed by atoms with E-state index < -0.39 is 10.0 Å². The van der Waals surface area contributed by atoms with Crippen molar-refractivity contribution < 1.29 is 17.9 Å². The summed E-state index contributed by atoms with van der Waals surface area (Å²) in [4.78, 5) is 12.3. The van der Waals surface area contributed by atoms with Crippen LogP contribution in [0.25, 0.3) is 0 Å². The Labute approximate surface area is 207 Å². The summed E-state index contributed by atoms with van der Waals surface area (Å²) in [6.07, 6.45) is 1.16. The van der Waals surface area contributed by atoms with Gasteiger partial charge >= 0.3 is 0 Å². The maximum Gasteiger partial charge on any atom is 0.258 e. The molecule has 3 aromatic rings. The maximum absolute atomic E-state index is 12.4. The molecule has 0 spiro atoms. The average Bonchev–Trinajstić information content (AvgIpc) is 2.77. The summed E-state index contributed by atoms with van der Waals surface area (Å²) in [5, 5.41) is 3.48. The van der Waals surface area contributed by atoms with Crippen LogP contribution in [0.15, 0.2) is 77.3 Å². The smallest absolute Gasteiger partial charge is 0.258 e. The predicted octanol–water partition coefficient (Wildman–Crippen LogP) is 5.32. The number of nitrogens with zero attached hydrogens (tertiary/aromatic N) is 1. The molecular weight excluding hydrogens is 528 g/mol. The SMILES string of the molecule is C[C@H](NC(=O)COc1ccc(N(Cc2ccc(Cl)cc2)S(C)(=O)=O)cc1)c1ccc(Br)cc1. The lowest BCUT2D eigenvalue weighted by atomic mass is 10.1. The molecule has 0 radical (unpaired) electrons. The van der Waals surface area contributed by atoms with Crippen molar-refractivity contribution in [1.29, 1.82) is 0 Å². The largest absolute Gasteiger partial charge is 0.484 e. The summed E-state index contributed by atoms with van der Waals surface area (Å²) in [5.41, 5.74) is 2.28. The molecule has 0 unspecified atom stereocenters. The lowest BCUT2D eigenvalue weighted by molar-refractivity contribution is -0.123. The molecule has 9 heteroatoms. The van der Waals surface area contributed by atoms with Crippen LogP contribution < -0.4 is 14.4 Å². The van der Waals surface area contributed by atoms with Crippen LogP contribution in [0.5, 0.6) is 5.75 Å². The fourth-order valence-electron chi connectivity index (χ4n) is 3.13. The fraction of sp³-hybridized carbons (Fsp3) is 0.208. The summed E-state index contributed by atoms with van der Waals surface area (Å²) in [7, 11) is -3.51. The van der Waals surface area contributed by atoms with Gasteiger partial charge in [-0.2, -0.15) is 0 Å². The molecule has 6 nitrogen and oxygen atoms in total. The van der Waals surface area contributed by atoms with E-state index in [-0.39, 0.29) is 25.1 Å². The van der Waals surface area contributed by atoms with E-state index >= 15 is 0 Å². The van der Waals surface area contributed by atoms with Gasteiger partial charge in [0.1, 0.15) is 5.75 Å². The van der Waals surface area contributed by atoms with Gasteiger partial charge < -0.3 is 10.1 Å². The lowest BCUT2D eigenvalue weighted by Gasteiger charge is -2.23. The first-order valence-corrected chi connectivity index (χ1v) is 13.1. The number of nitrogens with one attached hydrogen (secondary N) is 1. The minimum absolute atomic E-state index is 0.152. The van der Waals surface area contributed by atoms with Crippen molar-refractivity contribution in [2.24, 2.45) is 0 Å². The zero-order valence-corrected chi connectivity index (χ0v) is 21.3. The summed E-state index contributed by atoms with van der Waals surface area (Å²) < 4.78 is 32.6. The molecule has 0 saturated carbocycles. The minimum Gasteiger partial charge on any atom is -0.484 e. The number of anilines is 1. The van der Waals surface area contributed by atoms with Gasteiger partial charge in [0.25, 0.3) is 5.91 Å². The summed E-state index contributed by atoms with van der Waals surface area (Å²) in [5.74, 6) is 0.208. The third-order valence-corrected chi connectivity index (χ3v) is 6.80. The molecule has 0 aliphatic heterocycles. The summed E-state index contributed by atoms with van der Waals surface area (Å²) in [6.45, 7) is 1.92. The van der Waals surface area contributed by atoms with E-state index in [4.69, 9.17) is 16.3 Å². The van der Waals surface area contributed by atoms with Gasteiger partial charge in [0.2, 0.25) is 10.0 Å². The number of carbonyl (C=O) groups excluding carboxylic acids is 1. The van der Waals surface area contributed by atoms with E-state index in [2.05, 4.69) is 21.2 Å². The van der Waals surface area contributed by atoms with Gasteiger partial charge in [0.15, 0.2) is 6.61 Å². The second-order valence-electron chi connectivity index (χ2n) is 7.52. The van der Waals surface area contributed by atoms with Crippen molar-refractivity contribution >= 4 is 49.1 Å². The number of benzene rings is 3. The van der Waals surface area contributed by atoms with Crippen LogP contribution in [-0.4, -0.2) is 27.2 Å². The Balaban J connectivity index is 1.60. The van der Waals surface area contributed by atoms with Gasteiger partial charge in [-0.05, 0) is 66.6 Å². The van der Waals surface area contributed by atoms with E-state index in [0.717, 1.165) is 21.9 Å². The van der Waals surface area contributed by atoms with E-state index in [1.54, 1.807) is 48.5 Å². The number of ether oxygens (including phenoxy) is 1. The number of carbonyl (C=O) groups is 1. The number of rotatable bonds is 9. The number of hydrogen-bond acceptors (Lipinski definition) is 4. The van der Waals surface area contributed by atoms with Gasteiger partial charge in [-0.1, -0.05) is 51.8 Å². The van der Waals surface area contributed by atoms with E-state index in [1.165, 1.54) is 4.31 Å². The Morgan fingerprint density at radius 3 is 2.21 bits per heavy atom. The van der Waals surface area contributed by atoms with Crippen LogP contribution >= 0.6 is 27.5 Å². The van der Waals surface area contributed by atoms with Gasteiger partial charge in [0.05, 0.1) is 24.5 Å². The Hall–Kier alpha value is -2.55. The molecule has 0 heterocycles. The Kier molecular flexibility index (Phi) is 8.40. The van der Waals surface area contributed by atoms with Crippen LogP contribution in [0.2, 0.25) is 5.02 Å². The third-order valence-electron chi connectivity index (χ3n) is 4.88. The Bertz CT molecular complexity index is 1180. The van der Waals surface area contributed by atoms with Gasteiger partial charge in [-0.3, -0.25) is 9.10 Å². The molecular formula is C24H24BrClN2O4S. The van der Waals surface area contributed by atoms with E-state index in [0.29, 0.717) is 16.5 Å². The molecule has 0 saturated heterocycles. The third kappa shape index (κ3) is 7.48. The first kappa shape index (κ1) is 25.1. The predicted molar refractivity (Wildman–Crippen MR) is 135 cm³/mol. The van der Waals surface area contributed by atoms with Crippen molar-refractivity contribution in [3.05, 3.63) is 93.4 Å². The Morgan fingerprint density at radius 2 is 1.64 bits per heavy atom. The van der Waals surface area contributed by atoms with E-state index in [9.17, 15) is 13.2 Å². The number of halogens is 2. The number of hydrogen-bond donors (Lipinski definition) is 1. The first-order valence-electron chi connectivity index (χ1n) is 10.1. The molecule has 174 valence electrons. The zero-order chi connectivity index (χ0) is 24.0. The second-order valence-corrected chi connectivity index (χ2v) is 10.8. The number of amides is 1. The van der Waals surface area contributed by atoms with Crippen LogP contribution in [0.4, 0.5) is 5.69 Å². The zero-order valence-electron chi connectivity index (χ0n) is 18.2. The van der Waals surface area contributed by atoms with Crippen molar-refractivity contribution in [2.45, 2.75) is 19.5 Å². The molecule has 0 aliphatic carbocycles. The molecule has 0 bridgehead atoms. The van der Waals surface area contributed by atoms with Crippen molar-refractivity contribution in [3.8, 4) is 5.75 Å². The molecule has 33 heavy (non-hydrogen) atoms. The quantitative estimate of drug-likeness (QED) is 0.390. The van der Waals surface area contributed by atoms with Crippen LogP contribution in [-0.2, 0) is 21.4 Å². The van der Waals surface area contributed by atoms with Crippen molar-refractivity contribution in [3.63, 3.8) is 0 Å². The molecule has 3 aromatic carbocycles. The molecule has 1 N–H and O–H groups in total. The summed E-state index contributed by atoms with van der Waals surface area (Å²) in [6, 6.07) is 21.1. The van der Waals surface area contributed by atoms with Gasteiger partial charge in [0, 0.05) is 9.50 Å². The maximum atomic E-state index is 12.4. The van der Waals surface area contributed by atoms with Crippen molar-refractivity contribution in [2.75, 3.05) is 17.2 Å². The van der Waals surface area contributed by atoms with Crippen LogP contribution in [0, 0.1) is 0 Å². The molecule has 0 fully saturated rings. The second kappa shape index (κ2) is 11.0. The van der Waals surface area contributed by atoms with Crippen molar-refractivity contribution in [1.82, 2.24) is 5.32 Å². The number of sulfonamides is 1. The Morgan fingerprint density at radius 1 is 1.03 bits per heavy atom. The van der Waals surface area contributed by atoms with Gasteiger partial charge in [-0.15, -0.1) is 0 Å².